The molecule has 1 aliphatic heterocycles. The van der Waals surface area contributed by atoms with E-state index in [-0.39, 0.29) is 23.3 Å². The third-order valence-electron chi connectivity index (χ3n) is 3.76. The van der Waals surface area contributed by atoms with E-state index in [4.69, 9.17) is 4.74 Å². The van der Waals surface area contributed by atoms with Gasteiger partial charge in [-0.2, -0.15) is 0 Å². The number of aliphatic hydroxyl groups excluding tert-OH is 1. The normalized spacial score (nSPS) is 20.2. The smallest absolute Gasteiger partial charge is 0.179 e. The average Bonchev–Trinajstić information content (AvgIpc) is 2.93. The van der Waals surface area contributed by atoms with Gasteiger partial charge in [0.2, 0.25) is 0 Å². The van der Waals surface area contributed by atoms with Gasteiger partial charge >= 0.3 is 0 Å². The minimum atomic E-state index is -3.32. The quantitative estimate of drug-likeness (QED) is 0.846. The largest absolute Gasteiger partial charge is 0.497 e. The zero-order valence-electron chi connectivity index (χ0n) is 11.7. The van der Waals surface area contributed by atoms with Crippen molar-refractivity contribution in [3.8, 4) is 5.75 Å². The van der Waals surface area contributed by atoms with Crippen LogP contribution in [-0.4, -0.2) is 57.0 Å². The molecule has 1 fully saturated rings. The summed E-state index contributed by atoms with van der Waals surface area (Å²) >= 11 is 0. The van der Waals surface area contributed by atoms with Crippen LogP contribution in [0.3, 0.4) is 0 Å². The van der Waals surface area contributed by atoms with Crippen molar-refractivity contribution >= 4 is 9.84 Å². The molecule has 0 radical (unpaired) electrons. The first-order chi connectivity index (χ1) is 9.56. The molecular weight excluding hydrogens is 278 g/mol. The Kier molecular flexibility index (Phi) is 5.01. The highest BCUT2D eigenvalue weighted by atomic mass is 32.2. The van der Waals surface area contributed by atoms with Crippen LogP contribution in [0.5, 0.6) is 5.75 Å². The van der Waals surface area contributed by atoms with Gasteiger partial charge in [-0.05, 0) is 37.6 Å². The van der Waals surface area contributed by atoms with Crippen LogP contribution in [0.2, 0.25) is 0 Å². The Labute approximate surface area is 120 Å². The second kappa shape index (κ2) is 6.56. The number of benzene rings is 1. The van der Waals surface area contributed by atoms with E-state index < -0.39 is 9.84 Å². The lowest BCUT2D eigenvalue weighted by Gasteiger charge is -2.22. The third kappa shape index (κ3) is 3.50. The molecule has 20 heavy (non-hydrogen) atoms. The lowest BCUT2D eigenvalue weighted by atomic mass is 10.2. The van der Waals surface area contributed by atoms with E-state index in [0.29, 0.717) is 12.3 Å². The molecule has 0 aromatic heterocycles. The van der Waals surface area contributed by atoms with Crippen molar-refractivity contribution in [1.82, 2.24) is 4.90 Å². The van der Waals surface area contributed by atoms with Crippen LogP contribution in [0.15, 0.2) is 29.2 Å². The summed E-state index contributed by atoms with van der Waals surface area (Å²) in [4.78, 5) is 2.34. The zero-order valence-corrected chi connectivity index (χ0v) is 12.5. The first kappa shape index (κ1) is 15.3. The highest BCUT2D eigenvalue weighted by Gasteiger charge is 2.25. The predicted molar refractivity (Wildman–Crippen MR) is 76.7 cm³/mol. The molecule has 1 aliphatic rings. The number of hydrogen-bond acceptors (Lipinski definition) is 5. The van der Waals surface area contributed by atoms with Crippen molar-refractivity contribution in [2.75, 3.05) is 32.6 Å². The Morgan fingerprint density at radius 1 is 1.45 bits per heavy atom. The maximum Gasteiger partial charge on any atom is 0.179 e. The van der Waals surface area contributed by atoms with Crippen LogP contribution in [0.25, 0.3) is 0 Å². The van der Waals surface area contributed by atoms with Gasteiger partial charge in [0.25, 0.3) is 0 Å². The van der Waals surface area contributed by atoms with Gasteiger partial charge in [0, 0.05) is 12.6 Å². The molecular formula is C14H21NO4S. The molecule has 1 aromatic carbocycles. The van der Waals surface area contributed by atoms with Crippen LogP contribution in [0.4, 0.5) is 0 Å². The summed E-state index contributed by atoms with van der Waals surface area (Å²) in [6, 6.07) is 6.64. The fraction of sp³-hybridized carbons (Fsp3) is 0.571. The molecule has 1 aromatic rings. The molecule has 1 saturated heterocycles. The fourth-order valence-electron chi connectivity index (χ4n) is 2.55. The fourth-order valence-corrected chi connectivity index (χ4v) is 3.84. The average molecular weight is 299 g/mol. The number of likely N-dealkylation sites (tertiary alicyclic amines) is 1. The first-order valence-corrected chi connectivity index (χ1v) is 8.44. The number of nitrogens with zero attached hydrogens (tertiary/aromatic N) is 1. The van der Waals surface area contributed by atoms with E-state index in [1.54, 1.807) is 24.3 Å². The Morgan fingerprint density at radius 2 is 2.25 bits per heavy atom. The predicted octanol–water partition coefficient (Wildman–Crippen LogP) is 0.926. The van der Waals surface area contributed by atoms with E-state index in [1.165, 1.54) is 7.11 Å². The van der Waals surface area contributed by atoms with Gasteiger partial charge in [-0.15, -0.1) is 0 Å². The van der Waals surface area contributed by atoms with Crippen LogP contribution < -0.4 is 4.74 Å². The molecule has 1 N–H and O–H groups in total. The molecule has 112 valence electrons. The summed E-state index contributed by atoms with van der Waals surface area (Å²) in [6.07, 6.45) is 1.96. The summed E-state index contributed by atoms with van der Waals surface area (Å²) in [7, 11) is -1.80. The minimum Gasteiger partial charge on any atom is -0.497 e. The van der Waals surface area contributed by atoms with Gasteiger partial charge in [-0.3, -0.25) is 4.90 Å². The van der Waals surface area contributed by atoms with E-state index in [2.05, 4.69) is 4.90 Å². The Morgan fingerprint density at radius 3 is 2.95 bits per heavy atom. The lowest BCUT2D eigenvalue weighted by Crippen LogP contribution is -2.35. The molecule has 0 saturated carbocycles. The maximum absolute atomic E-state index is 12.3. The highest BCUT2D eigenvalue weighted by Crippen LogP contribution is 2.20. The van der Waals surface area contributed by atoms with Crippen LogP contribution in [0, 0.1) is 0 Å². The topological polar surface area (TPSA) is 66.8 Å². The maximum atomic E-state index is 12.3. The van der Waals surface area contributed by atoms with Gasteiger partial charge in [0.05, 0.1) is 24.4 Å². The second-order valence-electron chi connectivity index (χ2n) is 5.01. The minimum absolute atomic E-state index is 0.0661. The van der Waals surface area contributed by atoms with Crippen molar-refractivity contribution in [2.45, 2.75) is 23.8 Å². The summed E-state index contributed by atoms with van der Waals surface area (Å²) in [5.74, 6) is 0.608. The van der Waals surface area contributed by atoms with E-state index >= 15 is 0 Å². The Hall–Kier alpha value is -1.11. The van der Waals surface area contributed by atoms with E-state index in [1.807, 2.05) is 0 Å². The van der Waals surface area contributed by atoms with Gasteiger partial charge < -0.3 is 9.84 Å². The van der Waals surface area contributed by atoms with E-state index in [9.17, 15) is 13.5 Å². The van der Waals surface area contributed by atoms with Gasteiger partial charge in [0.15, 0.2) is 9.84 Å². The van der Waals surface area contributed by atoms with Crippen molar-refractivity contribution in [2.24, 2.45) is 0 Å². The summed E-state index contributed by atoms with van der Waals surface area (Å²) < 4.78 is 29.7. The van der Waals surface area contributed by atoms with Gasteiger partial charge in [-0.25, -0.2) is 8.42 Å². The molecule has 1 heterocycles. The van der Waals surface area contributed by atoms with E-state index in [0.717, 1.165) is 19.4 Å². The number of ether oxygens (including phenoxy) is 1. The zero-order chi connectivity index (χ0) is 14.6. The molecule has 1 atom stereocenters. The van der Waals surface area contributed by atoms with Crippen LogP contribution in [0.1, 0.15) is 12.8 Å². The second-order valence-corrected chi connectivity index (χ2v) is 7.12. The number of methoxy groups -OCH3 is 1. The van der Waals surface area contributed by atoms with Crippen molar-refractivity contribution < 1.29 is 18.3 Å². The SMILES string of the molecule is COc1cccc(S(=O)(=O)CCN2CCC[C@@H]2CO)c1. The molecule has 0 aliphatic carbocycles. The lowest BCUT2D eigenvalue weighted by molar-refractivity contribution is 0.165. The number of aliphatic hydroxyl groups is 1. The number of sulfone groups is 1. The summed E-state index contributed by atoms with van der Waals surface area (Å²) in [5, 5.41) is 9.24. The number of rotatable bonds is 6. The van der Waals surface area contributed by atoms with Crippen molar-refractivity contribution in [3.05, 3.63) is 24.3 Å². The van der Waals surface area contributed by atoms with Gasteiger partial charge in [-0.1, -0.05) is 6.07 Å². The van der Waals surface area contributed by atoms with Crippen LogP contribution in [-0.2, 0) is 9.84 Å². The van der Waals surface area contributed by atoms with Gasteiger partial charge in [0.1, 0.15) is 5.75 Å². The monoisotopic (exact) mass is 299 g/mol. The molecule has 0 amide bonds. The highest BCUT2D eigenvalue weighted by molar-refractivity contribution is 7.91. The summed E-state index contributed by atoms with van der Waals surface area (Å²) in [6.45, 7) is 1.42. The molecule has 0 unspecified atom stereocenters. The summed E-state index contributed by atoms with van der Waals surface area (Å²) in [5.41, 5.74) is 0. The third-order valence-corrected chi connectivity index (χ3v) is 5.45. The molecule has 0 bridgehead atoms. The van der Waals surface area contributed by atoms with Crippen LogP contribution >= 0.6 is 0 Å². The van der Waals surface area contributed by atoms with Crippen molar-refractivity contribution in [1.29, 1.82) is 0 Å². The Bertz CT molecular complexity index is 544. The molecule has 2 rings (SSSR count). The molecule has 6 heteroatoms. The van der Waals surface area contributed by atoms with Crippen molar-refractivity contribution in [3.63, 3.8) is 0 Å². The Balaban J connectivity index is 2.03. The molecule has 0 spiro atoms. The first-order valence-electron chi connectivity index (χ1n) is 6.78. The standard InChI is InChI=1S/C14H21NO4S/c1-19-13-5-2-6-14(10-13)20(17,18)9-8-15-7-3-4-12(15)11-16/h2,5-6,10,12,16H,3-4,7-9,11H2,1H3/t12-/m1/s1. The molecule has 5 nitrogen and oxygen atoms in total. The number of hydrogen-bond donors (Lipinski definition) is 1.